The molecule has 1 aliphatic carbocycles. The summed E-state index contributed by atoms with van der Waals surface area (Å²) in [4.78, 5) is 23.1. The molecule has 0 aromatic heterocycles. The number of carboxylic acid groups (broad SMARTS) is 1. The molecule has 0 aliphatic heterocycles. The van der Waals surface area contributed by atoms with Crippen LogP contribution in [-0.4, -0.2) is 30.1 Å². The molecule has 22 heavy (non-hydrogen) atoms. The van der Waals surface area contributed by atoms with Crippen LogP contribution in [0.25, 0.3) is 0 Å². The fourth-order valence-corrected chi connectivity index (χ4v) is 2.21. The summed E-state index contributed by atoms with van der Waals surface area (Å²) >= 11 is 0. The Balaban J connectivity index is 1.79. The van der Waals surface area contributed by atoms with Crippen LogP contribution in [0.5, 0.6) is 5.75 Å². The molecule has 120 valence electrons. The summed E-state index contributed by atoms with van der Waals surface area (Å²) in [7, 11) is 0. The number of nitrogens with one attached hydrogen (secondary N) is 1. The van der Waals surface area contributed by atoms with Gasteiger partial charge in [0, 0.05) is 12.1 Å². The second-order valence-electron chi connectivity index (χ2n) is 5.85. The van der Waals surface area contributed by atoms with Crippen molar-refractivity contribution < 1.29 is 19.4 Å². The number of carbonyl (C=O) groups excluding carboxylic acids is 1. The van der Waals surface area contributed by atoms with Gasteiger partial charge in [-0.2, -0.15) is 0 Å². The van der Waals surface area contributed by atoms with E-state index in [0.717, 1.165) is 25.0 Å². The van der Waals surface area contributed by atoms with E-state index in [-0.39, 0.29) is 12.5 Å². The van der Waals surface area contributed by atoms with Crippen LogP contribution in [0.3, 0.4) is 0 Å². The number of benzene rings is 1. The lowest BCUT2D eigenvalue weighted by atomic mass is 10.1. The molecule has 0 bridgehead atoms. The highest BCUT2D eigenvalue weighted by molar-refractivity contribution is 5.94. The van der Waals surface area contributed by atoms with Crippen LogP contribution < -0.4 is 10.1 Å². The Morgan fingerprint density at radius 2 is 1.91 bits per heavy atom. The minimum atomic E-state index is -0.830. The normalized spacial score (nSPS) is 15.1. The molecule has 1 saturated carbocycles. The summed E-state index contributed by atoms with van der Waals surface area (Å²) in [6.45, 7) is 3.01. The summed E-state index contributed by atoms with van der Waals surface area (Å²) in [6.07, 6.45) is 4.59. The molecule has 0 heterocycles. The molecule has 2 N–H and O–H groups in total. The molecule has 1 amide bonds. The lowest BCUT2D eigenvalue weighted by Gasteiger charge is -2.11. The topological polar surface area (TPSA) is 75.6 Å². The predicted octanol–water partition coefficient (Wildman–Crippen LogP) is 2.85. The maximum Gasteiger partial charge on any atom is 0.311 e. The summed E-state index contributed by atoms with van der Waals surface area (Å²) < 4.78 is 5.59. The van der Waals surface area contributed by atoms with Gasteiger partial charge in [0.05, 0.1) is 12.0 Å². The first kappa shape index (κ1) is 16.3. The average molecular weight is 305 g/mol. The maximum atomic E-state index is 12.0. The molecular weight excluding hydrogens is 282 g/mol. The molecule has 2 rings (SSSR count). The van der Waals surface area contributed by atoms with E-state index in [9.17, 15) is 9.59 Å². The van der Waals surface area contributed by atoms with Crippen LogP contribution in [-0.2, 0) is 4.79 Å². The zero-order chi connectivity index (χ0) is 16.0. The second kappa shape index (κ2) is 7.29. The fraction of sp³-hybridized carbons (Fsp3) is 0.529. The van der Waals surface area contributed by atoms with Crippen LogP contribution in [0, 0.1) is 5.41 Å². The number of hydrogen-bond acceptors (Lipinski definition) is 3. The lowest BCUT2D eigenvalue weighted by molar-refractivity contribution is -0.143. The van der Waals surface area contributed by atoms with Gasteiger partial charge < -0.3 is 15.2 Å². The second-order valence-corrected chi connectivity index (χ2v) is 5.85. The van der Waals surface area contributed by atoms with Gasteiger partial charge in [-0.05, 0) is 43.5 Å². The Bertz CT molecular complexity index is 520. The van der Waals surface area contributed by atoms with E-state index in [1.807, 2.05) is 0 Å². The molecular formula is C17H23NO4. The van der Waals surface area contributed by atoms with Gasteiger partial charge in [-0.15, -0.1) is 0 Å². The maximum absolute atomic E-state index is 12.0. The van der Waals surface area contributed by atoms with E-state index in [4.69, 9.17) is 9.84 Å². The summed E-state index contributed by atoms with van der Waals surface area (Å²) in [5.41, 5.74) is -0.222. The van der Waals surface area contributed by atoms with Crippen molar-refractivity contribution in [2.24, 2.45) is 5.41 Å². The Morgan fingerprint density at radius 3 is 2.45 bits per heavy atom. The van der Waals surface area contributed by atoms with E-state index in [1.54, 1.807) is 24.3 Å². The average Bonchev–Trinajstić information content (AvgIpc) is 3.31. The highest BCUT2D eigenvalue weighted by Crippen LogP contribution is 2.45. The third-order valence-corrected chi connectivity index (χ3v) is 4.03. The number of amides is 1. The molecule has 5 nitrogen and oxygen atoms in total. The van der Waals surface area contributed by atoms with E-state index < -0.39 is 11.4 Å². The number of rotatable bonds is 9. The number of aliphatic carboxylic acids is 1. The molecule has 5 heteroatoms. The number of carbonyl (C=O) groups is 2. The van der Waals surface area contributed by atoms with Gasteiger partial charge >= 0.3 is 5.97 Å². The Morgan fingerprint density at radius 1 is 1.23 bits per heavy atom. The SMILES string of the molecule is CCCCCOc1ccc(C(=O)NCC2(C(=O)O)CC2)cc1. The van der Waals surface area contributed by atoms with E-state index >= 15 is 0 Å². The Hall–Kier alpha value is -2.04. The van der Waals surface area contributed by atoms with Crippen molar-refractivity contribution in [2.45, 2.75) is 39.0 Å². The van der Waals surface area contributed by atoms with Gasteiger partial charge in [0.2, 0.25) is 0 Å². The quantitative estimate of drug-likeness (QED) is 0.688. The molecule has 1 fully saturated rings. The highest BCUT2D eigenvalue weighted by atomic mass is 16.5. The minimum Gasteiger partial charge on any atom is -0.494 e. The van der Waals surface area contributed by atoms with Gasteiger partial charge in [0.1, 0.15) is 5.75 Å². The van der Waals surface area contributed by atoms with Gasteiger partial charge in [-0.3, -0.25) is 9.59 Å². The van der Waals surface area contributed by atoms with Crippen molar-refractivity contribution in [3.63, 3.8) is 0 Å². The number of ether oxygens (including phenoxy) is 1. The first-order valence-electron chi connectivity index (χ1n) is 7.82. The van der Waals surface area contributed by atoms with Crippen molar-refractivity contribution in [2.75, 3.05) is 13.2 Å². The van der Waals surface area contributed by atoms with Crippen molar-refractivity contribution in [1.82, 2.24) is 5.32 Å². The zero-order valence-corrected chi connectivity index (χ0v) is 12.9. The Labute approximate surface area is 130 Å². The van der Waals surface area contributed by atoms with Crippen molar-refractivity contribution >= 4 is 11.9 Å². The molecule has 0 unspecified atom stereocenters. The van der Waals surface area contributed by atoms with Crippen molar-refractivity contribution in [3.8, 4) is 5.75 Å². The minimum absolute atomic E-state index is 0.191. The van der Waals surface area contributed by atoms with E-state index in [1.165, 1.54) is 0 Å². The smallest absolute Gasteiger partial charge is 0.311 e. The number of unbranched alkanes of at least 4 members (excludes halogenated alkanes) is 2. The summed E-state index contributed by atoms with van der Waals surface area (Å²) in [5, 5.41) is 11.8. The van der Waals surface area contributed by atoms with Gasteiger partial charge in [-0.1, -0.05) is 19.8 Å². The summed E-state index contributed by atoms with van der Waals surface area (Å²) in [6, 6.07) is 6.94. The number of carboxylic acids is 1. The predicted molar refractivity (Wildman–Crippen MR) is 83.1 cm³/mol. The summed E-state index contributed by atoms with van der Waals surface area (Å²) in [5.74, 6) is -0.328. The monoisotopic (exact) mass is 305 g/mol. The van der Waals surface area contributed by atoms with Gasteiger partial charge in [-0.25, -0.2) is 0 Å². The molecule has 0 spiro atoms. The first-order chi connectivity index (χ1) is 10.6. The number of hydrogen-bond donors (Lipinski definition) is 2. The molecule has 0 saturated heterocycles. The molecule has 0 radical (unpaired) electrons. The van der Waals surface area contributed by atoms with Crippen LogP contribution in [0.2, 0.25) is 0 Å². The zero-order valence-electron chi connectivity index (χ0n) is 12.9. The lowest BCUT2D eigenvalue weighted by Crippen LogP contribution is -2.34. The van der Waals surface area contributed by atoms with E-state index in [2.05, 4.69) is 12.2 Å². The third kappa shape index (κ3) is 4.23. The highest BCUT2D eigenvalue weighted by Gasteiger charge is 2.50. The largest absolute Gasteiger partial charge is 0.494 e. The van der Waals surface area contributed by atoms with Crippen LogP contribution in [0.4, 0.5) is 0 Å². The van der Waals surface area contributed by atoms with E-state index in [0.29, 0.717) is 25.0 Å². The van der Waals surface area contributed by atoms with Crippen molar-refractivity contribution in [1.29, 1.82) is 0 Å². The molecule has 1 aromatic carbocycles. The molecule has 1 aliphatic rings. The first-order valence-corrected chi connectivity index (χ1v) is 7.82. The molecule has 0 atom stereocenters. The van der Waals surface area contributed by atoms with Crippen molar-refractivity contribution in [3.05, 3.63) is 29.8 Å². The van der Waals surface area contributed by atoms with Crippen LogP contribution >= 0.6 is 0 Å². The Kier molecular flexibility index (Phi) is 5.41. The molecule has 1 aromatic rings. The fourth-order valence-electron chi connectivity index (χ4n) is 2.21. The van der Waals surface area contributed by atoms with Crippen LogP contribution in [0.1, 0.15) is 49.4 Å². The van der Waals surface area contributed by atoms with Gasteiger partial charge in [0.15, 0.2) is 0 Å². The third-order valence-electron chi connectivity index (χ3n) is 4.03. The van der Waals surface area contributed by atoms with Gasteiger partial charge in [0.25, 0.3) is 5.91 Å². The van der Waals surface area contributed by atoms with Crippen LogP contribution in [0.15, 0.2) is 24.3 Å². The standard InChI is InChI=1S/C17H23NO4/c1-2-3-4-11-22-14-7-5-13(6-8-14)15(19)18-12-17(9-10-17)16(20)21/h5-8H,2-4,9-12H2,1H3,(H,18,19)(H,20,21).